The number of hydrogen-bond acceptors (Lipinski definition) is 6. The van der Waals surface area contributed by atoms with Crippen molar-refractivity contribution >= 4 is 55.2 Å². The molecule has 0 radical (unpaired) electrons. The van der Waals surface area contributed by atoms with Crippen LogP contribution in [-0.2, 0) is 19.6 Å². The van der Waals surface area contributed by atoms with Crippen LogP contribution in [0.3, 0.4) is 0 Å². The molecule has 0 aliphatic carbocycles. The summed E-state index contributed by atoms with van der Waals surface area (Å²) in [4.78, 5) is 29.1. The molecule has 0 saturated carbocycles. The van der Waals surface area contributed by atoms with Gasteiger partial charge in [0.2, 0.25) is 21.8 Å². The van der Waals surface area contributed by atoms with Crippen molar-refractivity contribution in [1.82, 2.24) is 14.5 Å². The minimum absolute atomic E-state index is 0.0880. The molecular formula is C18H24BrN3O5S2. The number of amides is 2. The fourth-order valence-electron chi connectivity index (χ4n) is 3.63. The third kappa shape index (κ3) is 5.88. The van der Waals surface area contributed by atoms with Gasteiger partial charge in [0.1, 0.15) is 6.04 Å². The van der Waals surface area contributed by atoms with E-state index >= 15 is 0 Å². The number of aliphatic hydroxyl groups is 1. The quantitative estimate of drug-likeness (QED) is 0.581. The Labute approximate surface area is 182 Å². The topological polar surface area (TPSA) is 107 Å². The van der Waals surface area contributed by atoms with Crippen LogP contribution in [0.15, 0.2) is 21.3 Å². The summed E-state index contributed by atoms with van der Waals surface area (Å²) < 4.78 is 28.1. The molecule has 0 unspecified atom stereocenters. The molecule has 2 saturated heterocycles. The summed E-state index contributed by atoms with van der Waals surface area (Å²) in [5.41, 5.74) is 0. The van der Waals surface area contributed by atoms with Crippen molar-refractivity contribution in [3.05, 3.63) is 26.2 Å². The predicted octanol–water partition coefficient (Wildman–Crippen LogP) is 1.37. The monoisotopic (exact) mass is 505 g/mol. The van der Waals surface area contributed by atoms with Gasteiger partial charge in [-0.25, -0.2) is 8.42 Å². The van der Waals surface area contributed by atoms with Gasteiger partial charge in [0.25, 0.3) is 0 Å². The van der Waals surface area contributed by atoms with Crippen molar-refractivity contribution in [2.75, 3.05) is 26.2 Å². The molecule has 8 nitrogen and oxygen atoms in total. The number of sulfonamides is 1. The van der Waals surface area contributed by atoms with E-state index in [1.807, 2.05) is 6.07 Å². The number of carbonyl (C=O) groups excluding carboxylic acids is 2. The lowest BCUT2D eigenvalue weighted by molar-refractivity contribution is -0.143. The van der Waals surface area contributed by atoms with Gasteiger partial charge in [-0.3, -0.25) is 9.59 Å². The van der Waals surface area contributed by atoms with E-state index < -0.39 is 16.1 Å². The molecule has 3 heterocycles. The van der Waals surface area contributed by atoms with Gasteiger partial charge >= 0.3 is 0 Å². The van der Waals surface area contributed by atoms with Crippen LogP contribution in [0.4, 0.5) is 0 Å². The molecule has 2 atom stereocenters. The van der Waals surface area contributed by atoms with E-state index in [0.29, 0.717) is 25.9 Å². The number of thiophene rings is 1. The number of rotatable bonds is 7. The number of likely N-dealkylation sites (tertiary alicyclic amines) is 2. The number of nitrogens with zero attached hydrogens (tertiary/aromatic N) is 2. The second-order valence-corrected chi connectivity index (χ2v) is 11.2. The van der Waals surface area contributed by atoms with Gasteiger partial charge in [-0.1, -0.05) is 0 Å². The lowest BCUT2D eigenvalue weighted by atomic mass is 10.1. The first-order valence-corrected chi connectivity index (χ1v) is 12.6. The lowest BCUT2D eigenvalue weighted by Gasteiger charge is -2.33. The van der Waals surface area contributed by atoms with Crippen molar-refractivity contribution in [3.63, 3.8) is 0 Å². The zero-order valence-electron chi connectivity index (χ0n) is 15.8. The highest BCUT2D eigenvalue weighted by molar-refractivity contribution is 9.11. The summed E-state index contributed by atoms with van der Waals surface area (Å²) in [6.07, 6.45) is 4.07. The number of hydrogen-bond donors (Lipinski definition) is 2. The first kappa shape index (κ1) is 22.4. The second-order valence-electron chi connectivity index (χ2n) is 7.13. The summed E-state index contributed by atoms with van der Waals surface area (Å²) in [6, 6.07) is 2.54. The molecule has 11 heteroatoms. The molecule has 0 aromatic carbocycles. The summed E-state index contributed by atoms with van der Waals surface area (Å²) in [7, 11) is -3.80. The summed E-state index contributed by atoms with van der Waals surface area (Å²) >= 11 is 4.72. The van der Waals surface area contributed by atoms with Crippen molar-refractivity contribution in [1.29, 1.82) is 0 Å². The predicted molar refractivity (Wildman–Crippen MR) is 115 cm³/mol. The molecular weight excluding hydrogens is 482 g/mol. The van der Waals surface area contributed by atoms with Gasteiger partial charge in [-0.15, -0.1) is 11.3 Å². The van der Waals surface area contributed by atoms with Gasteiger partial charge in [-0.05, 0) is 59.8 Å². The van der Waals surface area contributed by atoms with Crippen LogP contribution >= 0.6 is 27.3 Å². The van der Waals surface area contributed by atoms with Crippen LogP contribution in [0.2, 0.25) is 0 Å². The summed E-state index contributed by atoms with van der Waals surface area (Å²) in [6.45, 7) is 0.813. The number of piperidine rings is 1. The van der Waals surface area contributed by atoms with E-state index in [1.54, 1.807) is 11.0 Å². The van der Waals surface area contributed by atoms with Crippen LogP contribution in [0.1, 0.15) is 30.6 Å². The Morgan fingerprint density at radius 2 is 2.07 bits per heavy atom. The second kappa shape index (κ2) is 9.69. The maximum Gasteiger partial charge on any atom is 0.242 e. The lowest BCUT2D eigenvalue weighted by Crippen LogP contribution is -2.54. The minimum atomic E-state index is -3.80. The Balaban J connectivity index is 1.60. The molecule has 2 aliphatic heterocycles. The van der Waals surface area contributed by atoms with Gasteiger partial charge < -0.3 is 14.9 Å². The van der Waals surface area contributed by atoms with Crippen LogP contribution in [-0.4, -0.2) is 73.5 Å². The molecule has 3 rings (SSSR count). The van der Waals surface area contributed by atoms with E-state index in [4.69, 9.17) is 0 Å². The van der Waals surface area contributed by atoms with Gasteiger partial charge in [0.15, 0.2) is 0 Å². The van der Waals surface area contributed by atoms with E-state index in [2.05, 4.69) is 20.7 Å². The number of nitrogens with one attached hydrogen (secondary N) is 1. The van der Waals surface area contributed by atoms with E-state index in [-0.39, 0.29) is 31.0 Å². The Morgan fingerprint density at radius 3 is 2.76 bits per heavy atom. The normalized spacial score (nSPS) is 23.3. The Kier molecular flexibility index (Phi) is 7.49. The first-order chi connectivity index (χ1) is 13.8. The molecule has 29 heavy (non-hydrogen) atoms. The van der Waals surface area contributed by atoms with E-state index in [0.717, 1.165) is 26.9 Å². The Morgan fingerprint density at radius 1 is 1.31 bits per heavy atom. The van der Waals surface area contributed by atoms with Crippen LogP contribution in [0.25, 0.3) is 6.08 Å². The maximum atomic E-state index is 12.7. The highest BCUT2D eigenvalue weighted by atomic mass is 79.9. The Bertz CT molecular complexity index is 886. The first-order valence-electron chi connectivity index (χ1n) is 9.44. The minimum Gasteiger partial charge on any atom is -0.394 e. The molecule has 0 bridgehead atoms. The zero-order chi connectivity index (χ0) is 21.0. The third-order valence-corrected chi connectivity index (χ3v) is 7.77. The van der Waals surface area contributed by atoms with Crippen molar-refractivity contribution in [2.45, 2.75) is 37.8 Å². The molecule has 1 aromatic rings. The van der Waals surface area contributed by atoms with Gasteiger partial charge in [0.05, 0.1) is 23.0 Å². The number of aliphatic hydroxyl groups excluding tert-OH is 1. The fourth-order valence-corrected chi connectivity index (χ4v) is 6.06. The SMILES string of the molecule is O=C1[C@@H](NS(=O)(=O)C=Cc2ccc(Br)s2)CCCN1CC(=O)N1CCC[C@H]1CO. The maximum absolute atomic E-state index is 12.7. The van der Waals surface area contributed by atoms with Gasteiger partial charge in [0, 0.05) is 23.4 Å². The Hall–Kier alpha value is -1.27. The molecule has 1 aromatic heterocycles. The van der Waals surface area contributed by atoms with E-state index in [9.17, 15) is 23.1 Å². The van der Waals surface area contributed by atoms with E-state index in [1.165, 1.54) is 22.3 Å². The smallest absolute Gasteiger partial charge is 0.242 e. The molecule has 2 N–H and O–H groups in total. The van der Waals surface area contributed by atoms with Crippen molar-refractivity contribution < 1.29 is 23.1 Å². The number of halogens is 1. The largest absolute Gasteiger partial charge is 0.394 e. The highest BCUT2D eigenvalue weighted by Gasteiger charge is 2.35. The summed E-state index contributed by atoms with van der Waals surface area (Å²) in [5.74, 6) is -0.596. The fraction of sp³-hybridized carbons (Fsp3) is 0.556. The zero-order valence-corrected chi connectivity index (χ0v) is 19.0. The molecule has 2 fully saturated rings. The third-order valence-electron chi connectivity index (χ3n) is 5.08. The molecule has 0 spiro atoms. The average Bonchev–Trinajstić information content (AvgIpc) is 3.32. The van der Waals surface area contributed by atoms with Crippen LogP contribution in [0.5, 0.6) is 0 Å². The number of carbonyl (C=O) groups is 2. The van der Waals surface area contributed by atoms with Crippen molar-refractivity contribution in [3.8, 4) is 0 Å². The van der Waals surface area contributed by atoms with Crippen molar-refractivity contribution in [2.24, 2.45) is 0 Å². The molecule has 160 valence electrons. The molecule has 2 amide bonds. The van der Waals surface area contributed by atoms with Crippen LogP contribution < -0.4 is 4.72 Å². The standard InChI is InChI=1S/C18H24BrN3O5S2/c19-16-6-5-14(28-16)7-10-29(26,27)20-15-4-2-8-21(18(15)25)11-17(24)22-9-1-3-13(22)12-23/h5-7,10,13,15,20,23H,1-4,8-9,11-12H2/t13-,15-/m0/s1. The van der Waals surface area contributed by atoms with Gasteiger partial charge in [-0.2, -0.15) is 4.72 Å². The average molecular weight is 506 g/mol. The molecule has 2 aliphatic rings. The highest BCUT2D eigenvalue weighted by Crippen LogP contribution is 2.23. The van der Waals surface area contributed by atoms with Crippen LogP contribution in [0, 0.1) is 0 Å². The summed E-state index contributed by atoms with van der Waals surface area (Å²) in [5, 5.41) is 10.4.